The summed E-state index contributed by atoms with van der Waals surface area (Å²) in [6.45, 7) is 7.62. The quantitative estimate of drug-likeness (QED) is 0.761. The van der Waals surface area contributed by atoms with E-state index in [4.69, 9.17) is 4.74 Å². The van der Waals surface area contributed by atoms with Gasteiger partial charge in [0.2, 0.25) is 0 Å². The summed E-state index contributed by atoms with van der Waals surface area (Å²) in [4.78, 5) is 0. The molecule has 0 aromatic heterocycles. The van der Waals surface area contributed by atoms with Gasteiger partial charge in [0.15, 0.2) is 0 Å². The molecule has 1 atom stereocenters. The highest BCUT2D eigenvalue weighted by atomic mass is 32.2. The van der Waals surface area contributed by atoms with E-state index in [1.807, 2.05) is 31.2 Å². The van der Waals surface area contributed by atoms with Crippen LogP contribution in [0.1, 0.15) is 32.8 Å². The van der Waals surface area contributed by atoms with Crippen molar-refractivity contribution in [3.63, 3.8) is 0 Å². The van der Waals surface area contributed by atoms with Crippen LogP contribution in [0.15, 0.2) is 24.3 Å². The molecule has 0 aliphatic rings. The summed E-state index contributed by atoms with van der Waals surface area (Å²) in [6, 6.07) is 7.87. The molecule has 0 aliphatic carbocycles. The van der Waals surface area contributed by atoms with Crippen LogP contribution in [-0.2, 0) is 16.4 Å². The summed E-state index contributed by atoms with van der Waals surface area (Å²) in [6.07, 6.45) is 2.31. The molecule has 1 aromatic carbocycles. The SMILES string of the molecule is CC(C)CCOc1ccc(CNC(C)CS(C)(=O)=O)cc1. The zero-order valence-electron chi connectivity index (χ0n) is 13.4. The molecule has 120 valence electrons. The van der Waals surface area contributed by atoms with E-state index in [-0.39, 0.29) is 11.8 Å². The van der Waals surface area contributed by atoms with Gasteiger partial charge in [-0.1, -0.05) is 26.0 Å². The van der Waals surface area contributed by atoms with Crippen molar-refractivity contribution < 1.29 is 13.2 Å². The van der Waals surface area contributed by atoms with Gasteiger partial charge in [-0.25, -0.2) is 8.42 Å². The normalized spacial score (nSPS) is 13.4. The highest BCUT2D eigenvalue weighted by molar-refractivity contribution is 7.90. The second-order valence-corrected chi connectivity index (χ2v) is 8.23. The van der Waals surface area contributed by atoms with Gasteiger partial charge in [-0.3, -0.25) is 0 Å². The average molecular weight is 313 g/mol. The largest absolute Gasteiger partial charge is 0.494 e. The fourth-order valence-corrected chi connectivity index (χ4v) is 2.95. The smallest absolute Gasteiger partial charge is 0.148 e. The molecule has 1 rings (SSSR count). The summed E-state index contributed by atoms with van der Waals surface area (Å²) in [5.74, 6) is 1.68. The van der Waals surface area contributed by atoms with Crippen LogP contribution in [0.3, 0.4) is 0 Å². The first-order chi connectivity index (χ1) is 9.76. The van der Waals surface area contributed by atoms with Gasteiger partial charge in [0.25, 0.3) is 0 Å². The van der Waals surface area contributed by atoms with E-state index >= 15 is 0 Å². The topological polar surface area (TPSA) is 55.4 Å². The Morgan fingerprint density at radius 3 is 2.29 bits per heavy atom. The van der Waals surface area contributed by atoms with Crippen LogP contribution in [-0.4, -0.2) is 33.1 Å². The van der Waals surface area contributed by atoms with E-state index in [0.29, 0.717) is 12.5 Å². The number of benzene rings is 1. The fraction of sp³-hybridized carbons (Fsp3) is 0.625. The second-order valence-electron chi connectivity index (χ2n) is 6.05. The standard InChI is InChI=1S/C16H27NO3S/c1-13(2)9-10-20-16-7-5-15(6-8-16)11-17-14(3)12-21(4,18)19/h5-8,13-14,17H,9-12H2,1-4H3. The summed E-state index contributed by atoms with van der Waals surface area (Å²) in [7, 11) is -2.93. The highest BCUT2D eigenvalue weighted by Gasteiger charge is 2.09. The third kappa shape index (κ3) is 8.73. The lowest BCUT2D eigenvalue weighted by atomic mass is 10.1. The van der Waals surface area contributed by atoms with Crippen LogP contribution in [0.5, 0.6) is 5.75 Å². The molecule has 0 spiro atoms. The first-order valence-electron chi connectivity index (χ1n) is 7.39. The van der Waals surface area contributed by atoms with Crippen LogP contribution < -0.4 is 10.1 Å². The lowest BCUT2D eigenvalue weighted by Crippen LogP contribution is -2.32. The minimum Gasteiger partial charge on any atom is -0.494 e. The summed E-state index contributed by atoms with van der Waals surface area (Å²) in [5.41, 5.74) is 1.12. The number of hydrogen-bond acceptors (Lipinski definition) is 4. The third-order valence-corrected chi connectivity index (χ3v) is 4.20. The molecule has 0 amide bonds. The Morgan fingerprint density at radius 2 is 1.76 bits per heavy atom. The molecule has 5 heteroatoms. The van der Waals surface area contributed by atoms with E-state index in [2.05, 4.69) is 19.2 Å². The Hall–Kier alpha value is -1.07. The third-order valence-electron chi connectivity index (χ3n) is 3.09. The van der Waals surface area contributed by atoms with Gasteiger partial charge in [0.1, 0.15) is 15.6 Å². The van der Waals surface area contributed by atoms with Crippen molar-refractivity contribution in [3.05, 3.63) is 29.8 Å². The van der Waals surface area contributed by atoms with Crippen molar-refractivity contribution in [2.75, 3.05) is 18.6 Å². The maximum Gasteiger partial charge on any atom is 0.148 e. The Bertz CT molecular complexity index is 509. The number of ether oxygens (including phenoxy) is 1. The minimum absolute atomic E-state index is 0.0537. The van der Waals surface area contributed by atoms with Gasteiger partial charge in [0, 0.05) is 18.8 Å². The molecule has 1 unspecified atom stereocenters. The second kappa shape index (κ2) is 8.39. The molecule has 0 radical (unpaired) electrons. The van der Waals surface area contributed by atoms with Crippen LogP contribution in [0, 0.1) is 5.92 Å². The summed E-state index contributed by atoms with van der Waals surface area (Å²) in [5, 5.41) is 3.21. The predicted octanol–water partition coefficient (Wildman–Crippen LogP) is 2.63. The van der Waals surface area contributed by atoms with Gasteiger partial charge in [-0.15, -0.1) is 0 Å². The average Bonchev–Trinajstić information content (AvgIpc) is 2.35. The van der Waals surface area contributed by atoms with Crippen molar-refractivity contribution in [1.29, 1.82) is 0 Å². The highest BCUT2D eigenvalue weighted by Crippen LogP contribution is 2.13. The fourth-order valence-electron chi connectivity index (χ4n) is 1.92. The number of rotatable bonds is 9. The molecule has 0 bridgehead atoms. The first-order valence-corrected chi connectivity index (χ1v) is 9.45. The predicted molar refractivity (Wildman–Crippen MR) is 87.4 cm³/mol. The molecule has 1 N–H and O–H groups in total. The Morgan fingerprint density at radius 1 is 1.14 bits per heavy atom. The Kier molecular flexibility index (Phi) is 7.18. The van der Waals surface area contributed by atoms with E-state index in [1.54, 1.807) is 0 Å². The van der Waals surface area contributed by atoms with Crippen molar-refractivity contribution in [3.8, 4) is 5.75 Å². The Balaban J connectivity index is 2.37. The van der Waals surface area contributed by atoms with Crippen molar-refractivity contribution in [2.45, 2.75) is 39.8 Å². The van der Waals surface area contributed by atoms with Crippen LogP contribution >= 0.6 is 0 Å². The molecule has 0 saturated heterocycles. The minimum atomic E-state index is -2.93. The maximum atomic E-state index is 11.2. The van der Waals surface area contributed by atoms with Crippen molar-refractivity contribution in [1.82, 2.24) is 5.32 Å². The van der Waals surface area contributed by atoms with Gasteiger partial charge >= 0.3 is 0 Å². The molecule has 0 saturated carbocycles. The molecule has 0 aliphatic heterocycles. The maximum absolute atomic E-state index is 11.2. The van der Waals surface area contributed by atoms with Crippen molar-refractivity contribution >= 4 is 9.84 Å². The molecule has 4 nitrogen and oxygen atoms in total. The molecule has 1 aromatic rings. The number of hydrogen-bond donors (Lipinski definition) is 1. The van der Waals surface area contributed by atoms with Crippen LogP contribution in [0.4, 0.5) is 0 Å². The van der Waals surface area contributed by atoms with E-state index in [0.717, 1.165) is 24.3 Å². The van der Waals surface area contributed by atoms with Crippen molar-refractivity contribution in [2.24, 2.45) is 5.92 Å². The monoisotopic (exact) mass is 313 g/mol. The first kappa shape index (κ1) is 18.0. The summed E-state index contributed by atoms with van der Waals surface area (Å²) < 4.78 is 28.0. The summed E-state index contributed by atoms with van der Waals surface area (Å²) >= 11 is 0. The molecule has 21 heavy (non-hydrogen) atoms. The molecule has 0 heterocycles. The number of sulfone groups is 1. The number of nitrogens with one attached hydrogen (secondary N) is 1. The zero-order chi connectivity index (χ0) is 15.9. The molecular weight excluding hydrogens is 286 g/mol. The lowest BCUT2D eigenvalue weighted by molar-refractivity contribution is 0.289. The van der Waals surface area contributed by atoms with Gasteiger partial charge in [-0.05, 0) is 37.0 Å². The lowest BCUT2D eigenvalue weighted by Gasteiger charge is -2.13. The van der Waals surface area contributed by atoms with E-state index in [9.17, 15) is 8.42 Å². The van der Waals surface area contributed by atoms with Gasteiger partial charge < -0.3 is 10.1 Å². The van der Waals surface area contributed by atoms with Crippen LogP contribution in [0.2, 0.25) is 0 Å². The Labute approximate surface area is 128 Å². The van der Waals surface area contributed by atoms with E-state index in [1.165, 1.54) is 6.26 Å². The van der Waals surface area contributed by atoms with Gasteiger partial charge in [-0.2, -0.15) is 0 Å². The molecule has 0 fully saturated rings. The zero-order valence-corrected chi connectivity index (χ0v) is 14.2. The van der Waals surface area contributed by atoms with Crippen LogP contribution in [0.25, 0.3) is 0 Å². The van der Waals surface area contributed by atoms with Gasteiger partial charge in [0.05, 0.1) is 12.4 Å². The molecular formula is C16H27NO3S. The van der Waals surface area contributed by atoms with E-state index < -0.39 is 9.84 Å².